The Morgan fingerprint density at radius 1 is 1.00 bits per heavy atom. The molecular formula is C19H18N2O2. The van der Waals surface area contributed by atoms with Gasteiger partial charge in [-0.3, -0.25) is 10.1 Å². The van der Waals surface area contributed by atoms with E-state index in [1.54, 1.807) is 18.2 Å². The van der Waals surface area contributed by atoms with Crippen LogP contribution in [0.25, 0.3) is 22.2 Å². The van der Waals surface area contributed by atoms with Crippen LogP contribution in [0, 0.1) is 10.1 Å². The van der Waals surface area contributed by atoms with Gasteiger partial charge in [-0.2, -0.15) is 0 Å². The number of nitrogens with zero attached hydrogens (tertiary/aromatic N) is 2. The summed E-state index contributed by atoms with van der Waals surface area (Å²) in [5.74, 6) is 0. The molecule has 0 N–H and O–H groups in total. The zero-order chi connectivity index (χ0) is 16.6. The van der Waals surface area contributed by atoms with Crippen molar-refractivity contribution < 1.29 is 4.92 Å². The van der Waals surface area contributed by atoms with Gasteiger partial charge in [0, 0.05) is 11.5 Å². The Bertz CT molecular complexity index is 895. The average Bonchev–Trinajstić information content (AvgIpc) is 2.53. The van der Waals surface area contributed by atoms with Crippen LogP contribution in [0.2, 0.25) is 0 Å². The second-order valence-electron chi connectivity index (χ2n) is 6.60. The molecular weight excluding hydrogens is 288 g/mol. The number of nitro benzene ring substituents is 1. The third-order valence-electron chi connectivity index (χ3n) is 3.90. The number of pyridine rings is 1. The molecule has 3 rings (SSSR count). The van der Waals surface area contributed by atoms with Gasteiger partial charge in [0.2, 0.25) is 0 Å². The van der Waals surface area contributed by atoms with Crippen LogP contribution in [0.15, 0.2) is 54.6 Å². The number of fused-ring (bicyclic) bond motifs is 1. The number of aromatic nitrogens is 1. The SMILES string of the molecule is CC(C)(C)c1cc(-c2ccccc2[N+](=O)[O-])nc2ccccc12. The molecule has 0 spiro atoms. The maximum atomic E-state index is 11.3. The van der Waals surface area contributed by atoms with Crippen molar-refractivity contribution >= 4 is 16.6 Å². The zero-order valence-corrected chi connectivity index (χ0v) is 13.4. The van der Waals surface area contributed by atoms with Crippen molar-refractivity contribution in [3.8, 4) is 11.3 Å². The Morgan fingerprint density at radius 2 is 1.65 bits per heavy atom. The highest BCUT2D eigenvalue weighted by Gasteiger charge is 2.21. The Hall–Kier alpha value is -2.75. The van der Waals surface area contributed by atoms with E-state index in [-0.39, 0.29) is 16.0 Å². The fraction of sp³-hybridized carbons (Fsp3) is 0.211. The van der Waals surface area contributed by atoms with Crippen LogP contribution in [-0.4, -0.2) is 9.91 Å². The first-order valence-electron chi connectivity index (χ1n) is 7.52. The highest BCUT2D eigenvalue weighted by molar-refractivity contribution is 5.87. The number of nitro groups is 1. The molecule has 0 unspecified atom stereocenters. The molecule has 0 radical (unpaired) electrons. The van der Waals surface area contributed by atoms with E-state index in [2.05, 4.69) is 25.8 Å². The van der Waals surface area contributed by atoms with Crippen LogP contribution in [0.4, 0.5) is 5.69 Å². The number of para-hydroxylation sites is 2. The van der Waals surface area contributed by atoms with E-state index < -0.39 is 0 Å². The molecule has 2 aromatic carbocycles. The van der Waals surface area contributed by atoms with Crippen molar-refractivity contribution in [2.45, 2.75) is 26.2 Å². The molecule has 4 nitrogen and oxygen atoms in total. The van der Waals surface area contributed by atoms with E-state index in [4.69, 9.17) is 0 Å². The van der Waals surface area contributed by atoms with Crippen LogP contribution < -0.4 is 0 Å². The van der Waals surface area contributed by atoms with Gasteiger partial charge >= 0.3 is 0 Å². The molecule has 1 aromatic heterocycles. The average molecular weight is 306 g/mol. The summed E-state index contributed by atoms with van der Waals surface area (Å²) in [4.78, 5) is 15.6. The molecule has 0 amide bonds. The molecule has 0 aliphatic carbocycles. The Balaban J connectivity index is 2.34. The summed E-state index contributed by atoms with van der Waals surface area (Å²) in [5.41, 5.74) is 3.18. The minimum Gasteiger partial charge on any atom is -0.258 e. The van der Waals surface area contributed by atoms with Crippen LogP contribution in [-0.2, 0) is 5.41 Å². The van der Waals surface area contributed by atoms with Crippen molar-refractivity contribution in [1.29, 1.82) is 0 Å². The van der Waals surface area contributed by atoms with Gasteiger partial charge in [0.15, 0.2) is 0 Å². The maximum Gasteiger partial charge on any atom is 0.278 e. The van der Waals surface area contributed by atoms with Gasteiger partial charge in [-0.1, -0.05) is 51.1 Å². The molecule has 23 heavy (non-hydrogen) atoms. The van der Waals surface area contributed by atoms with E-state index in [0.717, 1.165) is 16.5 Å². The second kappa shape index (κ2) is 5.47. The van der Waals surface area contributed by atoms with Crippen LogP contribution >= 0.6 is 0 Å². The normalized spacial score (nSPS) is 11.6. The molecule has 3 aromatic rings. The molecule has 0 bridgehead atoms. The summed E-state index contributed by atoms with van der Waals surface area (Å²) in [6.07, 6.45) is 0. The third kappa shape index (κ3) is 2.80. The van der Waals surface area contributed by atoms with Crippen LogP contribution in [0.1, 0.15) is 26.3 Å². The Kier molecular flexibility index (Phi) is 3.60. The monoisotopic (exact) mass is 306 g/mol. The first-order chi connectivity index (χ1) is 10.9. The summed E-state index contributed by atoms with van der Waals surface area (Å²) in [6, 6.07) is 16.6. The summed E-state index contributed by atoms with van der Waals surface area (Å²) < 4.78 is 0. The summed E-state index contributed by atoms with van der Waals surface area (Å²) in [7, 11) is 0. The molecule has 0 atom stereocenters. The van der Waals surface area contributed by atoms with Gasteiger partial charge in [-0.25, -0.2) is 4.98 Å². The van der Waals surface area contributed by atoms with Gasteiger partial charge in [-0.15, -0.1) is 0 Å². The van der Waals surface area contributed by atoms with E-state index in [9.17, 15) is 10.1 Å². The largest absolute Gasteiger partial charge is 0.278 e. The number of hydrogen-bond donors (Lipinski definition) is 0. The van der Waals surface area contributed by atoms with E-state index in [1.165, 1.54) is 6.07 Å². The van der Waals surface area contributed by atoms with Gasteiger partial charge in [-0.05, 0) is 29.2 Å². The summed E-state index contributed by atoms with van der Waals surface area (Å²) in [6.45, 7) is 6.41. The van der Waals surface area contributed by atoms with Crippen molar-refractivity contribution in [2.75, 3.05) is 0 Å². The van der Waals surface area contributed by atoms with Gasteiger partial charge in [0.1, 0.15) is 0 Å². The lowest BCUT2D eigenvalue weighted by atomic mass is 9.84. The predicted molar refractivity (Wildman–Crippen MR) is 92.5 cm³/mol. The van der Waals surface area contributed by atoms with Crippen molar-refractivity contribution in [1.82, 2.24) is 4.98 Å². The molecule has 0 saturated carbocycles. The standard InChI is InChI=1S/C19H18N2O2/c1-19(2,3)15-12-17(20-16-10-6-4-8-13(15)16)14-9-5-7-11-18(14)21(22)23/h4-12H,1-3H3. The second-order valence-corrected chi connectivity index (χ2v) is 6.60. The van der Waals surface area contributed by atoms with Crippen molar-refractivity contribution in [3.05, 3.63) is 70.3 Å². The molecule has 116 valence electrons. The highest BCUT2D eigenvalue weighted by atomic mass is 16.6. The lowest BCUT2D eigenvalue weighted by Gasteiger charge is -2.22. The van der Waals surface area contributed by atoms with Crippen molar-refractivity contribution in [3.63, 3.8) is 0 Å². The van der Waals surface area contributed by atoms with E-state index in [1.807, 2.05) is 30.3 Å². The molecule has 0 aliphatic rings. The molecule has 1 heterocycles. The maximum absolute atomic E-state index is 11.3. The molecule has 0 aliphatic heterocycles. The quantitative estimate of drug-likeness (QED) is 0.488. The number of hydrogen-bond acceptors (Lipinski definition) is 3. The van der Waals surface area contributed by atoms with Crippen LogP contribution in [0.5, 0.6) is 0 Å². The minimum absolute atomic E-state index is 0.0788. The lowest BCUT2D eigenvalue weighted by molar-refractivity contribution is -0.384. The Labute approximate surface area is 135 Å². The van der Waals surface area contributed by atoms with Crippen molar-refractivity contribution in [2.24, 2.45) is 0 Å². The molecule has 4 heteroatoms. The minimum atomic E-state index is -0.358. The number of benzene rings is 2. The summed E-state index contributed by atoms with van der Waals surface area (Å²) in [5, 5.41) is 12.4. The van der Waals surface area contributed by atoms with Crippen LogP contribution in [0.3, 0.4) is 0 Å². The van der Waals surface area contributed by atoms with Gasteiger partial charge < -0.3 is 0 Å². The first kappa shape index (κ1) is 15.2. The fourth-order valence-electron chi connectivity index (χ4n) is 2.78. The zero-order valence-electron chi connectivity index (χ0n) is 13.4. The third-order valence-corrected chi connectivity index (χ3v) is 3.90. The highest BCUT2D eigenvalue weighted by Crippen LogP contribution is 2.35. The Morgan fingerprint density at radius 3 is 2.35 bits per heavy atom. The molecule has 0 fully saturated rings. The fourth-order valence-corrected chi connectivity index (χ4v) is 2.78. The molecule has 0 saturated heterocycles. The van der Waals surface area contributed by atoms with Gasteiger partial charge in [0.25, 0.3) is 5.69 Å². The van der Waals surface area contributed by atoms with Gasteiger partial charge in [0.05, 0.1) is 21.7 Å². The number of rotatable bonds is 2. The van der Waals surface area contributed by atoms with E-state index in [0.29, 0.717) is 11.3 Å². The lowest BCUT2D eigenvalue weighted by Crippen LogP contribution is -2.12. The smallest absolute Gasteiger partial charge is 0.258 e. The topological polar surface area (TPSA) is 56.0 Å². The predicted octanol–water partition coefficient (Wildman–Crippen LogP) is 5.11. The van der Waals surface area contributed by atoms with E-state index >= 15 is 0 Å². The first-order valence-corrected chi connectivity index (χ1v) is 7.52. The summed E-state index contributed by atoms with van der Waals surface area (Å²) >= 11 is 0.